The van der Waals surface area contributed by atoms with Gasteiger partial charge in [-0.3, -0.25) is 4.79 Å². The average molecular weight is 368 g/mol. The van der Waals surface area contributed by atoms with Crippen LogP contribution in [0.15, 0.2) is 30.3 Å². The number of carbonyl (C=O) groups excluding carboxylic acids is 1. The highest BCUT2D eigenvalue weighted by molar-refractivity contribution is 5.99. The summed E-state index contributed by atoms with van der Waals surface area (Å²) in [5.41, 5.74) is 4.78. The lowest BCUT2D eigenvalue weighted by atomic mass is 10.1. The lowest BCUT2D eigenvalue weighted by Gasteiger charge is -2.14. The van der Waals surface area contributed by atoms with Gasteiger partial charge in [0.15, 0.2) is 11.5 Å². The number of methoxy groups -OCH3 is 3. The van der Waals surface area contributed by atoms with Crippen molar-refractivity contribution in [2.24, 2.45) is 0 Å². The van der Waals surface area contributed by atoms with Crippen LogP contribution in [0.1, 0.15) is 27.2 Å². The van der Waals surface area contributed by atoms with E-state index in [-0.39, 0.29) is 5.91 Å². The lowest BCUT2D eigenvalue weighted by molar-refractivity contribution is 0.0951. The third kappa shape index (κ3) is 3.56. The molecule has 0 spiro atoms. The van der Waals surface area contributed by atoms with Crippen LogP contribution in [0.2, 0.25) is 0 Å². The van der Waals surface area contributed by atoms with Gasteiger partial charge in [-0.05, 0) is 55.3 Å². The van der Waals surface area contributed by atoms with E-state index in [9.17, 15) is 4.79 Å². The molecule has 27 heavy (non-hydrogen) atoms. The molecule has 2 aromatic carbocycles. The Bertz CT molecular complexity index is 966. The monoisotopic (exact) mass is 368 g/mol. The van der Waals surface area contributed by atoms with Crippen LogP contribution in [0, 0.1) is 13.8 Å². The molecule has 0 bridgehead atoms. The third-order valence-corrected chi connectivity index (χ3v) is 4.75. The standard InChI is InChI=1S/C21H24N2O4/c1-12-13(2)23-17-7-6-15(10-16(12)17)21(24)22-11-14-8-18(25-3)20(27-5)19(9-14)26-4/h6-10,23H,11H2,1-5H3,(H,22,24). The number of ether oxygens (including phenoxy) is 3. The molecule has 0 aliphatic rings. The van der Waals surface area contributed by atoms with Gasteiger partial charge in [-0.1, -0.05) is 0 Å². The molecule has 1 heterocycles. The SMILES string of the molecule is COc1cc(CNC(=O)c2ccc3[nH]c(C)c(C)c3c2)cc(OC)c1OC. The Morgan fingerprint density at radius 2 is 1.67 bits per heavy atom. The summed E-state index contributed by atoms with van der Waals surface area (Å²) in [6.45, 7) is 4.42. The van der Waals surface area contributed by atoms with Crippen LogP contribution in [0.5, 0.6) is 17.2 Å². The summed E-state index contributed by atoms with van der Waals surface area (Å²) in [7, 11) is 4.69. The maximum Gasteiger partial charge on any atom is 0.251 e. The maximum atomic E-state index is 12.6. The Labute approximate surface area is 158 Å². The number of benzene rings is 2. The number of H-pyrrole nitrogens is 1. The summed E-state index contributed by atoms with van der Waals surface area (Å²) in [4.78, 5) is 15.9. The van der Waals surface area contributed by atoms with Crippen molar-refractivity contribution in [1.29, 1.82) is 0 Å². The molecule has 2 N–H and O–H groups in total. The van der Waals surface area contributed by atoms with Gasteiger partial charge >= 0.3 is 0 Å². The zero-order valence-corrected chi connectivity index (χ0v) is 16.2. The number of nitrogens with one attached hydrogen (secondary N) is 2. The zero-order chi connectivity index (χ0) is 19.6. The van der Waals surface area contributed by atoms with Gasteiger partial charge in [0.05, 0.1) is 21.3 Å². The molecule has 0 radical (unpaired) electrons. The quantitative estimate of drug-likeness (QED) is 0.695. The number of fused-ring (bicyclic) bond motifs is 1. The average Bonchev–Trinajstić information content (AvgIpc) is 2.98. The fourth-order valence-corrected chi connectivity index (χ4v) is 3.12. The summed E-state index contributed by atoms with van der Waals surface area (Å²) in [5.74, 6) is 1.50. The summed E-state index contributed by atoms with van der Waals surface area (Å²) < 4.78 is 16.0. The van der Waals surface area contributed by atoms with Crippen LogP contribution in [-0.4, -0.2) is 32.2 Å². The second-order valence-electron chi connectivity index (χ2n) is 6.35. The van der Waals surface area contributed by atoms with E-state index in [0.29, 0.717) is 29.4 Å². The molecule has 3 rings (SSSR count). The Morgan fingerprint density at radius 3 is 2.26 bits per heavy atom. The van der Waals surface area contributed by atoms with Gasteiger partial charge in [-0.15, -0.1) is 0 Å². The molecule has 0 saturated heterocycles. The molecule has 1 aromatic heterocycles. The van der Waals surface area contributed by atoms with E-state index in [0.717, 1.165) is 27.7 Å². The van der Waals surface area contributed by atoms with Crippen LogP contribution < -0.4 is 19.5 Å². The molecule has 0 saturated carbocycles. The highest BCUT2D eigenvalue weighted by atomic mass is 16.5. The van der Waals surface area contributed by atoms with Crippen LogP contribution in [0.3, 0.4) is 0 Å². The first kappa shape index (κ1) is 18.6. The van der Waals surface area contributed by atoms with E-state index >= 15 is 0 Å². The third-order valence-electron chi connectivity index (χ3n) is 4.75. The topological polar surface area (TPSA) is 72.6 Å². The van der Waals surface area contributed by atoms with Crippen molar-refractivity contribution in [2.45, 2.75) is 20.4 Å². The molecule has 0 atom stereocenters. The summed E-state index contributed by atoms with van der Waals surface area (Å²) in [6.07, 6.45) is 0. The predicted octanol–water partition coefficient (Wildman–Crippen LogP) is 3.74. The smallest absolute Gasteiger partial charge is 0.251 e. The first-order valence-corrected chi connectivity index (χ1v) is 8.64. The highest BCUT2D eigenvalue weighted by Gasteiger charge is 2.14. The van der Waals surface area contributed by atoms with Gasteiger partial charge in [0.2, 0.25) is 5.75 Å². The van der Waals surface area contributed by atoms with Crippen LogP contribution in [0.4, 0.5) is 0 Å². The van der Waals surface area contributed by atoms with Crippen molar-refractivity contribution in [3.8, 4) is 17.2 Å². The molecule has 1 amide bonds. The summed E-state index contributed by atoms with van der Waals surface area (Å²) in [5, 5.41) is 4.01. The van der Waals surface area contributed by atoms with E-state index < -0.39 is 0 Å². The van der Waals surface area contributed by atoms with Gasteiger partial charge in [-0.25, -0.2) is 0 Å². The van der Waals surface area contributed by atoms with E-state index in [1.807, 2.05) is 44.2 Å². The number of amides is 1. The van der Waals surface area contributed by atoms with Gasteiger partial charge in [0.25, 0.3) is 5.91 Å². The van der Waals surface area contributed by atoms with Crippen molar-refractivity contribution in [1.82, 2.24) is 10.3 Å². The minimum Gasteiger partial charge on any atom is -0.493 e. The Hall–Kier alpha value is -3.15. The molecule has 0 unspecified atom stereocenters. The zero-order valence-electron chi connectivity index (χ0n) is 16.2. The van der Waals surface area contributed by atoms with E-state index in [1.165, 1.54) is 0 Å². The minimum absolute atomic E-state index is 0.135. The van der Waals surface area contributed by atoms with Gasteiger partial charge in [-0.2, -0.15) is 0 Å². The number of hydrogen-bond donors (Lipinski definition) is 2. The number of carbonyl (C=O) groups is 1. The fraction of sp³-hybridized carbons (Fsp3) is 0.286. The van der Waals surface area contributed by atoms with Crippen molar-refractivity contribution in [2.75, 3.05) is 21.3 Å². The van der Waals surface area contributed by atoms with Crippen LogP contribution in [0.25, 0.3) is 10.9 Å². The second kappa shape index (κ2) is 7.61. The van der Waals surface area contributed by atoms with E-state index in [2.05, 4.69) is 10.3 Å². The minimum atomic E-state index is -0.135. The molecular weight excluding hydrogens is 344 g/mol. The number of aromatic nitrogens is 1. The van der Waals surface area contributed by atoms with Crippen LogP contribution >= 0.6 is 0 Å². The molecule has 0 aliphatic heterocycles. The van der Waals surface area contributed by atoms with E-state index in [1.54, 1.807) is 21.3 Å². The highest BCUT2D eigenvalue weighted by Crippen LogP contribution is 2.38. The first-order valence-electron chi connectivity index (χ1n) is 8.64. The van der Waals surface area contributed by atoms with Crippen molar-refractivity contribution in [3.63, 3.8) is 0 Å². The number of aromatic amines is 1. The normalized spacial score (nSPS) is 10.7. The van der Waals surface area contributed by atoms with Crippen molar-refractivity contribution in [3.05, 3.63) is 52.7 Å². The molecule has 0 aliphatic carbocycles. The van der Waals surface area contributed by atoms with Gasteiger partial charge < -0.3 is 24.5 Å². The molecular formula is C21H24N2O4. The molecule has 6 nitrogen and oxygen atoms in total. The van der Waals surface area contributed by atoms with E-state index in [4.69, 9.17) is 14.2 Å². The van der Waals surface area contributed by atoms with Crippen LogP contribution in [-0.2, 0) is 6.54 Å². The number of aryl methyl sites for hydroxylation is 2. The molecule has 3 aromatic rings. The Balaban J connectivity index is 1.80. The number of rotatable bonds is 6. The molecule has 142 valence electrons. The second-order valence-corrected chi connectivity index (χ2v) is 6.35. The first-order chi connectivity index (χ1) is 13.0. The predicted molar refractivity (Wildman–Crippen MR) is 105 cm³/mol. The van der Waals surface area contributed by atoms with Gasteiger partial charge in [0.1, 0.15) is 0 Å². The summed E-state index contributed by atoms with van der Waals surface area (Å²) >= 11 is 0. The lowest BCUT2D eigenvalue weighted by Crippen LogP contribution is -2.22. The fourth-order valence-electron chi connectivity index (χ4n) is 3.12. The van der Waals surface area contributed by atoms with Gasteiger partial charge in [0, 0.05) is 28.7 Å². The maximum absolute atomic E-state index is 12.6. The summed E-state index contributed by atoms with van der Waals surface area (Å²) in [6, 6.07) is 9.32. The Kier molecular flexibility index (Phi) is 5.26. The van der Waals surface area contributed by atoms with Crippen molar-refractivity contribution >= 4 is 16.8 Å². The van der Waals surface area contributed by atoms with Crippen molar-refractivity contribution < 1.29 is 19.0 Å². The Morgan fingerprint density at radius 1 is 1.00 bits per heavy atom. The largest absolute Gasteiger partial charge is 0.493 e. The number of hydrogen-bond acceptors (Lipinski definition) is 4. The molecule has 0 fully saturated rings. The molecule has 6 heteroatoms.